The zero-order chi connectivity index (χ0) is 9.52. The fourth-order valence-corrected chi connectivity index (χ4v) is 1.30. The van der Waals surface area contributed by atoms with E-state index < -0.39 is 0 Å². The minimum atomic E-state index is 0.746. The van der Waals surface area contributed by atoms with Crippen LogP contribution in [0.5, 0.6) is 0 Å². The largest absolute Gasteiger partial charge is 0.385 e. The second-order valence-corrected chi connectivity index (χ2v) is 3.18. The highest BCUT2D eigenvalue weighted by atomic mass is 35.5. The van der Waals surface area contributed by atoms with Gasteiger partial charge in [-0.2, -0.15) is 0 Å². The van der Waals surface area contributed by atoms with Crippen molar-refractivity contribution < 1.29 is 4.74 Å². The van der Waals surface area contributed by atoms with E-state index in [9.17, 15) is 0 Å². The van der Waals surface area contributed by atoms with Crippen molar-refractivity contribution in [2.45, 2.75) is 6.42 Å². The molecule has 0 aliphatic heterocycles. The van der Waals surface area contributed by atoms with E-state index in [1.54, 1.807) is 11.5 Å². The molecule has 72 valence electrons. The van der Waals surface area contributed by atoms with Crippen molar-refractivity contribution in [3.05, 3.63) is 30.3 Å². The standard InChI is InChI=1S/C10H14ClNO/c1-13-9-5-8-12(11)10-6-3-2-4-7-10/h2-4,6-7H,5,8-9H2,1H3. The van der Waals surface area contributed by atoms with E-state index in [1.165, 1.54) is 0 Å². The molecule has 0 fully saturated rings. The van der Waals surface area contributed by atoms with Crippen molar-refractivity contribution in [1.82, 2.24) is 0 Å². The quantitative estimate of drug-likeness (QED) is 0.534. The van der Waals surface area contributed by atoms with Crippen LogP contribution in [0.1, 0.15) is 6.42 Å². The van der Waals surface area contributed by atoms with Crippen molar-refractivity contribution in [3.63, 3.8) is 0 Å². The summed E-state index contributed by atoms with van der Waals surface area (Å²) >= 11 is 6.02. The van der Waals surface area contributed by atoms with Gasteiger partial charge in [-0.05, 0) is 18.6 Å². The summed E-state index contributed by atoms with van der Waals surface area (Å²) in [6.07, 6.45) is 0.939. The van der Waals surface area contributed by atoms with Crippen LogP contribution in [0, 0.1) is 0 Å². The normalized spacial score (nSPS) is 10.0. The lowest BCUT2D eigenvalue weighted by Gasteiger charge is -2.14. The second kappa shape index (κ2) is 5.84. The Hall–Kier alpha value is -0.730. The summed E-state index contributed by atoms with van der Waals surface area (Å²) in [5.74, 6) is 0. The summed E-state index contributed by atoms with van der Waals surface area (Å²) in [5, 5.41) is 0. The van der Waals surface area contributed by atoms with Crippen LogP contribution in [0.2, 0.25) is 0 Å². The zero-order valence-corrected chi connectivity index (χ0v) is 8.50. The minimum Gasteiger partial charge on any atom is -0.385 e. The van der Waals surface area contributed by atoms with Crippen LogP contribution in [0.15, 0.2) is 30.3 Å². The molecule has 0 atom stereocenters. The second-order valence-electron chi connectivity index (χ2n) is 2.77. The monoisotopic (exact) mass is 199 g/mol. The van der Waals surface area contributed by atoms with Gasteiger partial charge in [-0.3, -0.25) is 4.42 Å². The molecule has 0 heterocycles. The molecule has 1 aromatic carbocycles. The third kappa shape index (κ3) is 3.66. The maximum Gasteiger partial charge on any atom is 0.0523 e. The molecule has 2 nitrogen and oxygen atoms in total. The van der Waals surface area contributed by atoms with Crippen LogP contribution in [0.25, 0.3) is 0 Å². The van der Waals surface area contributed by atoms with Crippen molar-refractivity contribution in [3.8, 4) is 0 Å². The molecule has 0 N–H and O–H groups in total. The van der Waals surface area contributed by atoms with Gasteiger partial charge < -0.3 is 4.74 Å². The van der Waals surface area contributed by atoms with Gasteiger partial charge in [0.1, 0.15) is 0 Å². The lowest BCUT2D eigenvalue weighted by Crippen LogP contribution is -2.13. The summed E-state index contributed by atoms with van der Waals surface area (Å²) in [5.41, 5.74) is 1.03. The molecule has 0 aromatic heterocycles. The molecular weight excluding hydrogens is 186 g/mol. The molecule has 0 amide bonds. The van der Waals surface area contributed by atoms with Crippen LogP contribution >= 0.6 is 11.8 Å². The van der Waals surface area contributed by atoms with Crippen molar-refractivity contribution >= 4 is 17.5 Å². The van der Waals surface area contributed by atoms with Gasteiger partial charge in [0.15, 0.2) is 0 Å². The van der Waals surface area contributed by atoms with E-state index in [-0.39, 0.29) is 0 Å². The van der Waals surface area contributed by atoms with Crippen LogP contribution in [0.4, 0.5) is 5.69 Å². The number of hydrogen-bond acceptors (Lipinski definition) is 2. The average Bonchev–Trinajstić information content (AvgIpc) is 2.19. The highest BCUT2D eigenvalue weighted by molar-refractivity contribution is 6.25. The Morgan fingerprint density at radius 3 is 2.62 bits per heavy atom. The van der Waals surface area contributed by atoms with Crippen molar-refractivity contribution in [2.75, 3.05) is 24.7 Å². The van der Waals surface area contributed by atoms with E-state index in [1.807, 2.05) is 30.3 Å². The summed E-state index contributed by atoms with van der Waals surface area (Å²) in [4.78, 5) is 0. The maximum absolute atomic E-state index is 6.02. The number of rotatable bonds is 5. The first-order valence-electron chi connectivity index (χ1n) is 4.32. The van der Waals surface area contributed by atoms with Crippen LogP contribution < -0.4 is 4.42 Å². The van der Waals surface area contributed by atoms with Crippen molar-refractivity contribution in [1.29, 1.82) is 0 Å². The number of nitrogens with zero attached hydrogens (tertiary/aromatic N) is 1. The third-order valence-corrected chi connectivity index (χ3v) is 2.10. The van der Waals surface area contributed by atoms with Crippen LogP contribution in [-0.4, -0.2) is 20.3 Å². The number of hydrogen-bond donors (Lipinski definition) is 0. The summed E-state index contributed by atoms with van der Waals surface area (Å²) in [7, 11) is 1.70. The third-order valence-electron chi connectivity index (χ3n) is 1.74. The Morgan fingerprint density at radius 1 is 1.31 bits per heavy atom. The van der Waals surface area contributed by atoms with Gasteiger partial charge in [-0.15, -0.1) is 0 Å². The molecule has 0 spiro atoms. The number of anilines is 1. The van der Waals surface area contributed by atoms with Crippen LogP contribution in [-0.2, 0) is 4.74 Å². The van der Waals surface area contributed by atoms with E-state index >= 15 is 0 Å². The van der Waals surface area contributed by atoms with Gasteiger partial charge in [0, 0.05) is 32.0 Å². The zero-order valence-electron chi connectivity index (χ0n) is 7.74. The Bertz CT molecular complexity index is 228. The molecule has 0 bridgehead atoms. The van der Waals surface area contributed by atoms with Gasteiger partial charge in [0.05, 0.1) is 5.69 Å². The molecule has 1 rings (SSSR count). The van der Waals surface area contributed by atoms with Gasteiger partial charge in [-0.25, -0.2) is 0 Å². The number of benzene rings is 1. The van der Waals surface area contributed by atoms with E-state index in [0.29, 0.717) is 0 Å². The summed E-state index contributed by atoms with van der Waals surface area (Å²) < 4.78 is 6.65. The van der Waals surface area contributed by atoms with Crippen molar-refractivity contribution in [2.24, 2.45) is 0 Å². The maximum atomic E-state index is 6.02. The lowest BCUT2D eigenvalue weighted by molar-refractivity contribution is 0.197. The summed E-state index contributed by atoms with van der Waals surface area (Å²) in [6, 6.07) is 9.89. The number of ether oxygens (including phenoxy) is 1. The number of para-hydroxylation sites is 1. The van der Waals surface area contributed by atoms with Gasteiger partial charge in [0.25, 0.3) is 0 Å². The fourth-order valence-electron chi connectivity index (χ4n) is 1.07. The molecule has 0 aliphatic rings. The highest BCUT2D eigenvalue weighted by Gasteiger charge is 2.00. The van der Waals surface area contributed by atoms with Gasteiger partial charge in [0.2, 0.25) is 0 Å². The first kappa shape index (κ1) is 10.4. The van der Waals surface area contributed by atoms with E-state index in [4.69, 9.17) is 16.5 Å². The lowest BCUT2D eigenvalue weighted by atomic mass is 10.3. The van der Waals surface area contributed by atoms with Crippen LogP contribution in [0.3, 0.4) is 0 Å². The Kier molecular flexibility index (Phi) is 4.65. The fraction of sp³-hybridized carbons (Fsp3) is 0.400. The Balaban J connectivity index is 2.35. The SMILES string of the molecule is COCCCN(Cl)c1ccccc1. The molecule has 0 radical (unpaired) electrons. The number of halogens is 1. The molecule has 0 unspecified atom stereocenters. The first-order valence-corrected chi connectivity index (χ1v) is 4.65. The molecule has 0 saturated heterocycles. The average molecular weight is 200 g/mol. The van der Waals surface area contributed by atoms with Gasteiger partial charge >= 0.3 is 0 Å². The predicted molar refractivity (Wildman–Crippen MR) is 56.1 cm³/mol. The topological polar surface area (TPSA) is 12.5 Å². The Morgan fingerprint density at radius 2 is 2.00 bits per heavy atom. The highest BCUT2D eigenvalue weighted by Crippen LogP contribution is 2.15. The molecule has 3 heteroatoms. The molecular formula is C10H14ClNO. The molecule has 13 heavy (non-hydrogen) atoms. The van der Waals surface area contributed by atoms with E-state index in [0.717, 1.165) is 25.3 Å². The van der Waals surface area contributed by atoms with Gasteiger partial charge in [-0.1, -0.05) is 18.2 Å². The number of methoxy groups -OCH3 is 1. The molecule has 1 aromatic rings. The minimum absolute atomic E-state index is 0.746. The summed E-state index contributed by atoms with van der Waals surface area (Å²) in [6.45, 7) is 1.55. The molecule has 0 saturated carbocycles. The smallest absolute Gasteiger partial charge is 0.0523 e. The molecule has 0 aliphatic carbocycles. The first-order chi connectivity index (χ1) is 6.34. The van der Waals surface area contributed by atoms with E-state index in [2.05, 4.69) is 0 Å². The predicted octanol–water partition coefficient (Wildman–Crippen LogP) is 2.68. The Labute approximate surface area is 84.2 Å².